The molecule has 2 N–H and O–H groups in total. The Balaban J connectivity index is 2.02. The van der Waals surface area contributed by atoms with Gasteiger partial charge in [-0.05, 0) is 23.8 Å². The molecule has 2 amide bonds. The van der Waals surface area contributed by atoms with Gasteiger partial charge in [-0.25, -0.2) is 4.79 Å². The number of nitrogens with one attached hydrogen (secondary N) is 2. The number of nitro benzene ring substituents is 1. The van der Waals surface area contributed by atoms with Crippen molar-refractivity contribution in [3.63, 3.8) is 0 Å². The number of benzene rings is 2. The number of nitro groups is 1. The average molecular weight is 392 g/mol. The molecule has 7 nitrogen and oxygen atoms in total. The zero-order valence-corrected chi connectivity index (χ0v) is 14.2. The number of ether oxygens (including phenoxy) is 1. The molecule has 0 aliphatic carbocycles. The van der Waals surface area contributed by atoms with Gasteiger partial charge in [-0.3, -0.25) is 10.1 Å². The number of halogens is 1. The normalized spacial score (nSPS) is 10.4. The van der Waals surface area contributed by atoms with Crippen molar-refractivity contribution in [2.75, 3.05) is 12.4 Å². The summed E-state index contributed by atoms with van der Waals surface area (Å²) in [6.45, 7) is 0. The Morgan fingerprint density at radius 1 is 1.29 bits per heavy atom. The van der Waals surface area contributed by atoms with E-state index in [4.69, 9.17) is 4.74 Å². The molecule has 0 heterocycles. The lowest BCUT2D eigenvalue weighted by Crippen LogP contribution is -2.24. The smallest absolute Gasteiger partial charge is 0.323 e. The highest BCUT2D eigenvalue weighted by Crippen LogP contribution is 2.28. The minimum absolute atomic E-state index is 0.119. The van der Waals surface area contributed by atoms with E-state index in [1.807, 2.05) is 24.3 Å². The van der Waals surface area contributed by atoms with Crippen molar-refractivity contribution < 1.29 is 14.5 Å². The molecule has 24 heavy (non-hydrogen) atoms. The molecule has 0 saturated heterocycles. The Morgan fingerprint density at radius 3 is 2.71 bits per heavy atom. The van der Waals surface area contributed by atoms with Crippen LogP contribution in [0.15, 0.2) is 53.1 Å². The third kappa shape index (κ3) is 4.56. The van der Waals surface area contributed by atoms with Gasteiger partial charge in [-0.1, -0.05) is 34.1 Å². The topological polar surface area (TPSA) is 93.5 Å². The van der Waals surface area contributed by atoms with Crippen LogP contribution in [0.2, 0.25) is 0 Å². The van der Waals surface area contributed by atoms with Crippen LogP contribution < -0.4 is 15.4 Å². The van der Waals surface area contributed by atoms with Crippen molar-refractivity contribution in [3.8, 4) is 5.75 Å². The Bertz CT molecular complexity index is 793. The standard InChI is InChI=1S/C16H14BrN3O4/c1-24-15-10-12(20(22)23)6-7-14(15)19-16(21)18-9-8-11-4-2-3-5-13(11)17/h2-10H,1H3,(H2,18,19,21)/b9-8+. The van der Waals surface area contributed by atoms with Crippen LogP contribution in [0.4, 0.5) is 16.2 Å². The number of carbonyl (C=O) groups is 1. The van der Waals surface area contributed by atoms with Crippen LogP contribution in [-0.4, -0.2) is 18.1 Å². The van der Waals surface area contributed by atoms with Gasteiger partial charge in [0.25, 0.3) is 5.69 Å². The van der Waals surface area contributed by atoms with Crippen molar-refractivity contribution in [1.82, 2.24) is 5.32 Å². The fourth-order valence-corrected chi connectivity index (χ4v) is 2.29. The number of amides is 2. The highest BCUT2D eigenvalue weighted by molar-refractivity contribution is 9.10. The van der Waals surface area contributed by atoms with E-state index >= 15 is 0 Å². The van der Waals surface area contributed by atoms with E-state index < -0.39 is 11.0 Å². The summed E-state index contributed by atoms with van der Waals surface area (Å²) in [4.78, 5) is 22.1. The SMILES string of the molecule is COc1cc([N+](=O)[O-])ccc1NC(=O)N/C=C/c1ccccc1Br. The van der Waals surface area contributed by atoms with Gasteiger partial charge >= 0.3 is 6.03 Å². The van der Waals surface area contributed by atoms with E-state index in [2.05, 4.69) is 26.6 Å². The highest BCUT2D eigenvalue weighted by atomic mass is 79.9. The molecule has 2 aromatic rings. The molecule has 0 unspecified atom stereocenters. The molecule has 0 aliphatic heterocycles. The minimum Gasteiger partial charge on any atom is -0.494 e. The second-order valence-electron chi connectivity index (χ2n) is 4.60. The first-order chi connectivity index (χ1) is 11.5. The van der Waals surface area contributed by atoms with Crippen LogP contribution in [0.25, 0.3) is 6.08 Å². The van der Waals surface area contributed by atoms with Gasteiger partial charge in [0.1, 0.15) is 5.75 Å². The zero-order valence-electron chi connectivity index (χ0n) is 12.7. The summed E-state index contributed by atoms with van der Waals surface area (Å²) >= 11 is 3.40. The zero-order chi connectivity index (χ0) is 17.5. The summed E-state index contributed by atoms with van der Waals surface area (Å²) in [5.74, 6) is 0.203. The van der Waals surface area contributed by atoms with E-state index in [1.54, 1.807) is 6.08 Å². The second kappa shape index (κ2) is 8.11. The quantitative estimate of drug-likeness (QED) is 0.590. The number of anilines is 1. The molecule has 0 atom stereocenters. The molecular weight excluding hydrogens is 378 g/mol. The van der Waals surface area contributed by atoms with Crippen molar-refractivity contribution in [1.29, 1.82) is 0 Å². The number of nitrogens with zero attached hydrogens (tertiary/aromatic N) is 1. The predicted octanol–water partition coefficient (Wildman–Crippen LogP) is 4.16. The van der Waals surface area contributed by atoms with Gasteiger partial charge in [-0.15, -0.1) is 0 Å². The maximum absolute atomic E-state index is 11.9. The fraction of sp³-hybridized carbons (Fsp3) is 0.0625. The average Bonchev–Trinajstić information content (AvgIpc) is 2.56. The number of carbonyl (C=O) groups excluding carboxylic acids is 1. The molecule has 0 aliphatic rings. The third-order valence-electron chi connectivity index (χ3n) is 3.03. The summed E-state index contributed by atoms with van der Waals surface area (Å²) in [5, 5.41) is 15.9. The van der Waals surface area contributed by atoms with E-state index in [1.165, 1.54) is 31.5 Å². The van der Waals surface area contributed by atoms with Gasteiger partial charge in [-0.2, -0.15) is 0 Å². The number of non-ortho nitro benzene ring substituents is 1. The van der Waals surface area contributed by atoms with Crippen LogP contribution in [-0.2, 0) is 0 Å². The first kappa shape index (κ1) is 17.5. The van der Waals surface area contributed by atoms with Crippen LogP contribution in [0, 0.1) is 10.1 Å². The summed E-state index contributed by atoms with van der Waals surface area (Å²) in [6.07, 6.45) is 3.23. The van der Waals surface area contributed by atoms with E-state index in [9.17, 15) is 14.9 Å². The van der Waals surface area contributed by atoms with Gasteiger partial charge in [0, 0.05) is 16.7 Å². The molecule has 0 saturated carbocycles. The number of rotatable bonds is 5. The van der Waals surface area contributed by atoms with Gasteiger partial charge in [0.2, 0.25) is 0 Å². The van der Waals surface area contributed by atoms with E-state index in [0.29, 0.717) is 5.69 Å². The Kier molecular flexibility index (Phi) is 5.91. The maximum Gasteiger partial charge on any atom is 0.323 e. The molecule has 0 spiro atoms. The number of methoxy groups -OCH3 is 1. The van der Waals surface area contributed by atoms with Gasteiger partial charge in [0.15, 0.2) is 0 Å². The van der Waals surface area contributed by atoms with Crippen molar-refractivity contribution in [3.05, 3.63) is 68.8 Å². The first-order valence-corrected chi connectivity index (χ1v) is 7.61. The van der Waals surface area contributed by atoms with E-state index in [-0.39, 0.29) is 11.4 Å². The second-order valence-corrected chi connectivity index (χ2v) is 5.45. The molecular formula is C16H14BrN3O4. The lowest BCUT2D eigenvalue weighted by molar-refractivity contribution is -0.384. The summed E-state index contributed by atoms with van der Waals surface area (Å²) in [7, 11) is 1.37. The molecule has 0 aromatic heterocycles. The van der Waals surface area contributed by atoms with Gasteiger partial charge < -0.3 is 15.4 Å². The van der Waals surface area contributed by atoms with Crippen LogP contribution >= 0.6 is 15.9 Å². The summed E-state index contributed by atoms with van der Waals surface area (Å²) in [5.41, 5.74) is 1.12. The Hall–Kier alpha value is -2.87. The van der Waals surface area contributed by atoms with Crippen molar-refractivity contribution in [2.24, 2.45) is 0 Å². The lowest BCUT2D eigenvalue weighted by Gasteiger charge is -2.09. The fourth-order valence-electron chi connectivity index (χ4n) is 1.87. The highest BCUT2D eigenvalue weighted by Gasteiger charge is 2.12. The maximum atomic E-state index is 11.9. The molecule has 0 bridgehead atoms. The molecule has 124 valence electrons. The largest absolute Gasteiger partial charge is 0.494 e. The van der Waals surface area contributed by atoms with Crippen molar-refractivity contribution >= 4 is 39.4 Å². The number of urea groups is 1. The van der Waals surface area contributed by atoms with Crippen LogP contribution in [0.5, 0.6) is 5.75 Å². The number of hydrogen-bond donors (Lipinski definition) is 2. The molecule has 8 heteroatoms. The first-order valence-electron chi connectivity index (χ1n) is 6.82. The Labute approximate surface area is 146 Å². The molecule has 2 rings (SSSR count). The van der Waals surface area contributed by atoms with Gasteiger partial charge in [0.05, 0.1) is 23.8 Å². The van der Waals surface area contributed by atoms with E-state index in [0.717, 1.165) is 10.0 Å². The molecule has 0 fully saturated rings. The molecule has 0 radical (unpaired) electrons. The van der Waals surface area contributed by atoms with Crippen molar-refractivity contribution in [2.45, 2.75) is 0 Å². The van der Waals surface area contributed by atoms with Crippen LogP contribution in [0.1, 0.15) is 5.56 Å². The monoisotopic (exact) mass is 391 g/mol. The summed E-state index contributed by atoms with van der Waals surface area (Å²) in [6, 6.07) is 11.0. The van der Waals surface area contributed by atoms with Crippen LogP contribution in [0.3, 0.4) is 0 Å². The minimum atomic E-state index is -0.535. The lowest BCUT2D eigenvalue weighted by atomic mass is 10.2. The number of hydrogen-bond acceptors (Lipinski definition) is 4. The molecule has 2 aromatic carbocycles. The predicted molar refractivity (Wildman–Crippen MR) is 95.0 cm³/mol. The Morgan fingerprint density at radius 2 is 2.04 bits per heavy atom. The third-order valence-corrected chi connectivity index (χ3v) is 3.75. The summed E-state index contributed by atoms with van der Waals surface area (Å²) < 4.78 is 5.96.